The molecule has 1 N–H and O–H groups in total. The van der Waals surface area contributed by atoms with Gasteiger partial charge in [0.25, 0.3) is 5.91 Å². The number of carbonyl (C=O) groups is 1. The summed E-state index contributed by atoms with van der Waals surface area (Å²) in [6, 6.07) is 11.3. The first-order valence-corrected chi connectivity index (χ1v) is 8.13. The van der Waals surface area contributed by atoms with Crippen LogP contribution in [0, 0.1) is 0 Å². The van der Waals surface area contributed by atoms with Crippen molar-refractivity contribution in [2.24, 2.45) is 5.10 Å². The Hall–Kier alpha value is -3.50. The Balaban J connectivity index is 1.69. The SMILES string of the molecule is O=C(Cn1c(C(F)(F)F)nc2ccccc21)NN=Cc1ccc(OC(F)F)cc1. The van der Waals surface area contributed by atoms with E-state index in [2.05, 4.69) is 20.2 Å². The number of fused-ring (bicyclic) bond motifs is 1. The van der Waals surface area contributed by atoms with Crippen molar-refractivity contribution in [1.82, 2.24) is 15.0 Å². The van der Waals surface area contributed by atoms with Gasteiger partial charge in [-0.1, -0.05) is 12.1 Å². The highest BCUT2D eigenvalue weighted by Crippen LogP contribution is 2.31. The summed E-state index contributed by atoms with van der Waals surface area (Å²) in [6.45, 7) is -3.59. The van der Waals surface area contributed by atoms with E-state index in [4.69, 9.17) is 0 Å². The number of benzene rings is 2. The molecule has 0 radical (unpaired) electrons. The fourth-order valence-corrected chi connectivity index (χ4v) is 2.55. The number of aromatic nitrogens is 2. The van der Waals surface area contributed by atoms with Crippen molar-refractivity contribution in [1.29, 1.82) is 0 Å². The summed E-state index contributed by atoms with van der Waals surface area (Å²) < 4.78 is 68.8. The van der Waals surface area contributed by atoms with Crippen LogP contribution in [0.15, 0.2) is 53.6 Å². The van der Waals surface area contributed by atoms with E-state index >= 15 is 0 Å². The van der Waals surface area contributed by atoms with Gasteiger partial charge in [-0.2, -0.15) is 27.1 Å². The highest BCUT2D eigenvalue weighted by molar-refractivity contribution is 5.84. The third kappa shape index (κ3) is 5.06. The fraction of sp³-hybridized carbons (Fsp3) is 0.167. The van der Waals surface area contributed by atoms with E-state index in [0.29, 0.717) is 5.56 Å². The molecule has 1 heterocycles. The number of imidazole rings is 1. The lowest BCUT2D eigenvalue weighted by Gasteiger charge is -2.10. The first-order chi connectivity index (χ1) is 13.7. The Kier molecular flexibility index (Phi) is 5.76. The highest BCUT2D eigenvalue weighted by atomic mass is 19.4. The zero-order valence-electron chi connectivity index (χ0n) is 14.5. The number of hydrazone groups is 1. The van der Waals surface area contributed by atoms with Crippen molar-refractivity contribution < 1.29 is 31.5 Å². The van der Waals surface area contributed by atoms with E-state index in [-0.39, 0.29) is 16.8 Å². The van der Waals surface area contributed by atoms with Gasteiger partial charge >= 0.3 is 12.8 Å². The second kappa shape index (κ2) is 8.25. The molecule has 0 unspecified atom stereocenters. The average Bonchev–Trinajstić information content (AvgIpc) is 3.02. The summed E-state index contributed by atoms with van der Waals surface area (Å²) in [5, 5.41) is 3.66. The lowest BCUT2D eigenvalue weighted by atomic mass is 10.2. The van der Waals surface area contributed by atoms with Gasteiger partial charge in [0.05, 0.1) is 17.2 Å². The smallest absolute Gasteiger partial charge is 0.435 e. The van der Waals surface area contributed by atoms with Crippen LogP contribution in [-0.4, -0.2) is 28.3 Å². The predicted molar refractivity (Wildman–Crippen MR) is 93.5 cm³/mol. The molecule has 1 amide bonds. The molecule has 152 valence electrons. The van der Waals surface area contributed by atoms with E-state index in [1.165, 1.54) is 48.7 Å². The standard InChI is InChI=1S/C18H13F5N4O2/c19-17(20)29-12-7-5-11(6-8-12)9-24-26-15(28)10-27-14-4-2-1-3-13(14)25-16(27)18(21,22)23/h1-9,17H,10H2,(H,26,28). The van der Waals surface area contributed by atoms with E-state index in [1.54, 1.807) is 6.07 Å². The molecular weight excluding hydrogens is 399 g/mol. The maximum Gasteiger partial charge on any atom is 0.449 e. The van der Waals surface area contributed by atoms with Crippen LogP contribution >= 0.6 is 0 Å². The minimum Gasteiger partial charge on any atom is -0.435 e. The van der Waals surface area contributed by atoms with Crippen molar-refractivity contribution in [3.63, 3.8) is 0 Å². The van der Waals surface area contributed by atoms with Crippen LogP contribution in [0.2, 0.25) is 0 Å². The van der Waals surface area contributed by atoms with Crippen molar-refractivity contribution in [2.75, 3.05) is 0 Å². The summed E-state index contributed by atoms with van der Waals surface area (Å²) in [5.74, 6) is -2.03. The van der Waals surface area contributed by atoms with Crippen molar-refractivity contribution in [3.05, 3.63) is 59.9 Å². The van der Waals surface area contributed by atoms with Crippen LogP contribution in [0.25, 0.3) is 11.0 Å². The molecule has 2 aromatic carbocycles. The molecule has 29 heavy (non-hydrogen) atoms. The van der Waals surface area contributed by atoms with Crippen LogP contribution in [0.4, 0.5) is 22.0 Å². The van der Waals surface area contributed by atoms with E-state index in [9.17, 15) is 26.7 Å². The first kappa shape index (κ1) is 20.2. The molecule has 0 bridgehead atoms. The normalized spacial score (nSPS) is 12.1. The zero-order chi connectivity index (χ0) is 21.0. The Morgan fingerprint density at radius 3 is 2.52 bits per heavy atom. The number of hydrogen-bond acceptors (Lipinski definition) is 4. The van der Waals surface area contributed by atoms with Gasteiger partial charge in [0.15, 0.2) is 0 Å². The molecule has 6 nitrogen and oxygen atoms in total. The number of nitrogens with zero attached hydrogens (tertiary/aromatic N) is 3. The van der Waals surface area contributed by atoms with Crippen LogP contribution in [0.1, 0.15) is 11.4 Å². The van der Waals surface area contributed by atoms with E-state index in [1.807, 2.05) is 0 Å². The largest absolute Gasteiger partial charge is 0.449 e. The Morgan fingerprint density at radius 1 is 1.17 bits per heavy atom. The second-order valence-corrected chi connectivity index (χ2v) is 5.75. The first-order valence-electron chi connectivity index (χ1n) is 8.13. The summed E-state index contributed by atoms with van der Waals surface area (Å²) in [4.78, 5) is 15.6. The average molecular weight is 412 g/mol. The maximum absolute atomic E-state index is 13.2. The number of hydrogen-bond donors (Lipinski definition) is 1. The Bertz CT molecular complexity index is 1030. The molecule has 1 aromatic heterocycles. The monoisotopic (exact) mass is 412 g/mol. The van der Waals surface area contributed by atoms with Crippen molar-refractivity contribution in [2.45, 2.75) is 19.3 Å². The molecule has 0 spiro atoms. The third-order valence-electron chi connectivity index (χ3n) is 3.72. The number of carbonyl (C=O) groups excluding carboxylic acids is 1. The van der Waals surface area contributed by atoms with Gasteiger partial charge in [-0.15, -0.1) is 0 Å². The van der Waals surface area contributed by atoms with Crippen LogP contribution in [0.3, 0.4) is 0 Å². The van der Waals surface area contributed by atoms with Crippen LogP contribution in [0.5, 0.6) is 5.75 Å². The quantitative estimate of drug-likeness (QED) is 0.380. The molecule has 0 saturated heterocycles. The number of ether oxygens (including phenoxy) is 1. The number of amides is 1. The van der Waals surface area contributed by atoms with Gasteiger partial charge < -0.3 is 9.30 Å². The number of nitrogens with one attached hydrogen (secondary N) is 1. The van der Waals surface area contributed by atoms with Gasteiger partial charge in [-0.3, -0.25) is 4.79 Å². The number of alkyl halides is 5. The van der Waals surface area contributed by atoms with Gasteiger partial charge in [0.1, 0.15) is 12.3 Å². The summed E-state index contributed by atoms with van der Waals surface area (Å²) in [6.07, 6.45) is -3.52. The lowest BCUT2D eigenvalue weighted by Crippen LogP contribution is -2.26. The van der Waals surface area contributed by atoms with Gasteiger partial charge in [0.2, 0.25) is 5.82 Å². The number of para-hydroxylation sites is 2. The van der Waals surface area contributed by atoms with Crippen LogP contribution in [-0.2, 0) is 17.5 Å². The van der Waals surface area contributed by atoms with Crippen molar-refractivity contribution >= 4 is 23.2 Å². The van der Waals surface area contributed by atoms with Crippen molar-refractivity contribution in [3.8, 4) is 5.75 Å². The number of rotatable bonds is 6. The van der Waals surface area contributed by atoms with Gasteiger partial charge in [-0.05, 0) is 42.0 Å². The van der Waals surface area contributed by atoms with Gasteiger partial charge in [-0.25, -0.2) is 10.4 Å². The molecule has 3 rings (SSSR count). The molecule has 0 aliphatic carbocycles. The molecule has 0 saturated carbocycles. The summed E-state index contributed by atoms with van der Waals surface area (Å²) in [7, 11) is 0. The van der Waals surface area contributed by atoms with Gasteiger partial charge in [0, 0.05) is 0 Å². The lowest BCUT2D eigenvalue weighted by molar-refractivity contribution is -0.147. The maximum atomic E-state index is 13.2. The van der Waals surface area contributed by atoms with Crippen LogP contribution < -0.4 is 10.2 Å². The molecule has 11 heteroatoms. The molecule has 3 aromatic rings. The fourth-order valence-electron chi connectivity index (χ4n) is 2.55. The third-order valence-corrected chi connectivity index (χ3v) is 3.72. The highest BCUT2D eigenvalue weighted by Gasteiger charge is 2.37. The topological polar surface area (TPSA) is 68.5 Å². The zero-order valence-corrected chi connectivity index (χ0v) is 14.5. The molecule has 0 fully saturated rings. The summed E-state index contributed by atoms with van der Waals surface area (Å²) in [5.41, 5.74) is 2.85. The summed E-state index contributed by atoms with van der Waals surface area (Å²) >= 11 is 0. The molecule has 0 aliphatic rings. The minimum atomic E-state index is -4.73. The predicted octanol–water partition coefficient (Wildman–Crippen LogP) is 3.81. The molecule has 0 atom stereocenters. The molecule has 0 aliphatic heterocycles. The minimum absolute atomic E-state index is 0.0483. The Morgan fingerprint density at radius 2 is 1.86 bits per heavy atom. The second-order valence-electron chi connectivity index (χ2n) is 5.75. The van der Waals surface area contributed by atoms with E-state index < -0.39 is 31.1 Å². The molecular formula is C18H13F5N4O2. The van der Waals surface area contributed by atoms with E-state index in [0.717, 1.165) is 4.57 Å². The Labute approximate surface area is 160 Å². The number of halogens is 5.